The molecule has 1 aromatic rings. The number of rotatable bonds is 7. The molecule has 0 saturated carbocycles. The van der Waals surface area contributed by atoms with Crippen LogP contribution in [0.2, 0.25) is 0 Å². The lowest BCUT2D eigenvalue weighted by Crippen LogP contribution is -2.30. The Labute approximate surface area is 99.0 Å². The average Bonchev–Trinajstić information content (AvgIpc) is 2.35. The maximum absolute atomic E-state index is 5.90. The van der Waals surface area contributed by atoms with E-state index in [0.717, 1.165) is 31.7 Å². The molecule has 0 heterocycles. The summed E-state index contributed by atoms with van der Waals surface area (Å²) in [7, 11) is 0. The van der Waals surface area contributed by atoms with Gasteiger partial charge >= 0.3 is 0 Å². The van der Waals surface area contributed by atoms with Gasteiger partial charge in [0.05, 0.1) is 0 Å². The molecule has 16 heavy (non-hydrogen) atoms. The van der Waals surface area contributed by atoms with Gasteiger partial charge in [0.1, 0.15) is 11.9 Å². The van der Waals surface area contributed by atoms with Crippen molar-refractivity contribution in [1.29, 1.82) is 0 Å². The summed E-state index contributed by atoms with van der Waals surface area (Å²) in [4.78, 5) is 0. The molecule has 0 bridgehead atoms. The van der Waals surface area contributed by atoms with Crippen molar-refractivity contribution in [3.63, 3.8) is 0 Å². The molecule has 0 aliphatic rings. The Morgan fingerprint density at radius 1 is 1.12 bits per heavy atom. The van der Waals surface area contributed by atoms with E-state index in [2.05, 4.69) is 50.4 Å². The van der Waals surface area contributed by atoms with Gasteiger partial charge in [-0.1, -0.05) is 32.9 Å². The van der Waals surface area contributed by atoms with Crippen LogP contribution in [0, 0.1) is 0 Å². The summed E-state index contributed by atoms with van der Waals surface area (Å²) < 4.78 is 5.90. The van der Waals surface area contributed by atoms with E-state index in [4.69, 9.17) is 4.74 Å². The quantitative estimate of drug-likeness (QED) is 0.764. The van der Waals surface area contributed by atoms with Crippen molar-refractivity contribution in [2.75, 3.05) is 13.1 Å². The third kappa shape index (κ3) is 4.23. The Kier molecular flexibility index (Phi) is 5.94. The minimum Gasteiger partial charge on any atom is -0.489 e. The molecule has 2 nitrogen and oxygen atoms in total. The second-order valence-electron chi connectivity index (χ2n) is 3.95. The van der Waals surface area contributed by atoms with Crippen LogP contribution in [0.25, 0.3) is 0 Å². The van der Waals surface area contributed by atoms with Gasteiger partial charge in [0.25, 0.3) is 0 Å². The zero-order valence-corrected chi connectivity index (χ0v) is 10.6. The number of nitrogens with one attached hydrogen (secondary N) is 1. The van der Waals surface area contributed by atoms with Crippen LogP contribution in [0.4, 0.5) is 0 Å². The van der Waals surface area contributed by atoms with E-state index < -0.39 is 0 Å². The second-order valence-corrected chi connectivity index (χ2v) is 3.95. The highest BCUT2D eigenvalue weighted by atomic mass is 16.5. The fourth-order valence-electron chi connectivity index (χ4n) is 1.57. The van der Waals surface area contributed by atoms with Crippen molar-refractivity contribution in [3.8, 4) is 5.75 Å². The molecule has 0 aliphatic heterocycles. The van der Waals surface area contributed by atoms with Crippen molar-refractivity contribution >= 4 is 0 Å². The van der Waals surface area contributed by atoms with E-state index >= 15 is 0 Å². The Morgan fingerprint density at radius 3 is 2.31 bits per heavy atom. The summed E-state index contributed by atoms with van der Waals surface area (Å²) >= 11 is 0. The number of ether oxygens (including phenoxy) is 1. The summed E-state index contributed by atoms with van der Waals surface area (Å²) in [6.45, 7) is 8.35. The molecule has 0 spiro atoms. The Balaban J connectivity index is 2.49. The van der Waals surface area contributed by atoms with Crippen LogP contribution >= 0.6 is 0 Å². The predicted octanol–water partition coefficient (Wildman–Crippen LogP) is 3.02. The molecular weight excluding hydrogens is 198 g/mol. The monoisotopic (exact) mass is 221 g/mol. The lowest BCUT2D eigenvalue weighted by Gasteiger charge is -2.18. The van der Waals surface area contributed by atoms with Crippen LogP contribution in [0.15, 0.2) is 24.3 Å². The van der Waals surface area contributed by atoms with Gasteiger partial charge in [0.2, 0.25) is 0 Å². The topological polar surface area (TPSA) is 21.3 Å². The summed E-state index contributed by atoms with van der Waals surface area (Å²) in [5.74, 6) is 0.974. The smallest absolute Gasteiger partial charge is 0.119 e. The van der Waals surface area contributed by atoms with Crippen molar-refractivity contribution in [1.82, 2.24) is 5.32 Å². The minimum atomic E-state index is 0.271. The molecule has 1 aromatic carbocycles. The first kappa shape index (κ1) is 13.0. The van der Waals surface area contributed by atoms with E-state index in [-0.39, 0.29) is 6.10 Å². The lowest BCUT2D eigenvalue weighted by molar-refractivity contribution is 0.194. The summed E-state index contributed by atoms with van der Waals surface area (Å²) in [5.41, 5.74) is 1.35. The van der Waals surface area contributed by atoms with Gasteiger partial charge in [0.15, 0.2) is 0 Å². The largest absolute Gasteiger partial charge is 0.489 e. The number of aryl methyl sites for hydroxylation is 1. The highest BCUT2D eigenvalue weighted by Gasteiger charge is 2.06. The first-order valence-corrected chi connectivity index (χ1v) is 6.26. The zero-order chi connectivity index (χ0) is 11.8. The molecule has 0 fully saturated rings. The van der Waals surface area contributed by atoms with Crippen LogP contribution < -0.4 is 10.1 Å². The molecule has 2 heteroatoms. The Hall–Kier alpha value is -1.02. The van der Waals surface area contributed by atoms with E-state index in [9.17, 15) is 0 Å². The fourth-order valence-corrected chi connectivity index (χ4v) is 1.57. The number of likely N-dealkylation sites (N-methyl/N-ethyl adjacent to an activating group) is 1. The number of hydrogen-bond donors (Lipinski definition) is 1. The molecule has 1 unspecified atom stereocenters. The van der Waals surface area contributed by atoms with Gasteiger partial charge in [-0.15, -0.1) is 0 Å². The normalized spacial score (nSPS) is 12.4. The predicted molar refractivity (Wildman–Crippen MR) is 69.1 cm³/mol. The summed E-state index contributed by atoms with van der Waals surface area (Å²) in [5, 5.41) is 3.32. The zero-order valence-electron chi connectivity index (χ0n) is 10.6. The van der Waals surface area contributed by atoms with Crippen molar-refractivity contribution in [3.05, 3.63) is 29.8 Å². The van der Waals surface area contributed by atoms with Gasteiger partial charge in [0, 0.05) is 6.54 Å². The lowest BCUT2D eigenvalue weighted by atomic mass is 10.2. The molecule has 1 atom stereocenters. The van der Waals surface area contributed by atoms with Gasteiger partial charge in [-0.3, -0.25) is 0 Å². The molecule has 1 N–H and O–H groups in total. The average molecular weight is 221 g/mol. The van der Waals surface area contributed by atoms with Crippen LogP contribution in [0.3, 0.4) is 0 Å². The van der Waals surface area contributed by atoms with Crippen LogP contribution in [-0.2, 0) is 6.42 Å². The highest BCUT2D eigenvalue weighted by molar-refractivity contribution is 5.27. The van der Waals surface area contributed by atoms with Gasteiger partial charge in [-0.25, -0.2) is 0 Å². The Bertz CT molecular complexity index is 281. The van der Waals surface area contributed by atoms with Crippen LogP contribution in [0.1, 0.15) is 32.8 Å². The molecule has 0 saturated heterocycles. The first-order chi connectivity index (χ1) is 7.80. The van der Waals surface area contributed by atoms with Crippen molar-refractivity contribution in [2.45, 2.75) is 39.7 Å². The summed E-state index contributed by atoms with van der Waals surface area (Å²) in [6.07, 6.45) is 2.38. The fraction of sp³-hybridized carbons (Fsp3) is 0.571. The highest BCUT2D eigenvalue weighted by Crippen LogP contribution is 2.15. The second kappa shape index (κ2) is 7.29. The van der Waals surface area contributed by atoms with Crippen LogP contribution in [0.5, 0.6) is 5.75 Å². The van der Waals surface area contributed by atoms with E-state index in [0.29, 0.717) is 0 Å². The van der Waals surface area contributed by atoms with E-state index in [1.54, 1.807) is 0 Å². The third-order valence-electron chi connectivity index (χ3n) is 2.71. The first-order valence-electron chi connectivity index (χ1n) is 6.26. The maximum atomic E-state index is 5.90. The molecular formula is C14H23NO. The van der Waals surface area contributed by atoms with Gasteiger partial charge < -0.3 is 10.1 Å². The Morgan fingerprint density at radius 2 is 1.81 bits per heavy atom. The van der Waals surface area contributed by atoms with E-state index in [1.165, 1.54) is 5.56 Å². The molecule has 90 valence electrons. The number of hydrogen-bond acceptors (Lipinski definition) is 2. The summed E-state index contributed by atoms with van der Waals surface area (Å²) in [6, 6.07) is 8.39. The SMILES string of the molecule is CCNCC(CC)Oc1ccc(CC)cc1. The van der Waals surface area contributed by atoms with Crippen molar-refractivity contribution < 1.29 is 4.74 Å². The molecule has 0 radical (unpaired) electrons. The van der Waals surface area contributed by atoms with Crippen molar-refractivity contribution in [2.24, 2.45) is 0 Å². The number of benzene rings is 1. The van der Waals surface area contributed by atoms with Gasteiger partial charge in [-0.05, 0) is 37.1 Å². The molecule has 0 aromatic heterocycles. The third-order valence-corrected chi connectivity index (χ3v) is 2.71. The molecule has 0 amide bonds. The minimum absolute atomic E-state index is 0.271. The van der Waals surface area contributed by atoms with Crippen LogP contribution in [-0.4, -0.2) is 19.2 Å². The van der Waals surface area contributed by atoms with Gasteiger partial charge in [-0.2, -0.15) is 0 Å². The molecule has 0 aliphatic carbocycles. The van der Waals surface area contributed by atoms with E-state index in [1.807, 2.05) is 0 Å². The standard InChI is InChI=1S/C14H23NO/c1-4-12-7-9-14(10-8-12)16-13(5-2)11-15-6-3/h7-10,13,15H,4-6,11H2,1-3H3. The maximum Gasteiger partial charge on any atom is 0.119 e. The molecule has 1 rings (SSSR count).